The highest BCUT2D eigenvalue weighted by atomic mass is 32.2. The third kappa shape index (κ3) is 1.80. The Morgan fingerprint density at radius 1 is 1.62 bits per heavy atom. The van der Waals surface area contributed by atoms with Crippen LogP contribution in [0.4, 0.5) is 5.69 Å². The van der Waals surface area contributed by atoms with Crippen molar-refractivity contribution in [1.29, 1.82) is 0 Å². The number of furan rings is 1. The number of amides is 1. The van der Waals surface area contributed by atoms with Crippen molar-refractivity contribution >= 4 is 29.3 Å². The number of carboxylic acids is 1. The van der Waals surface area contributed by atoms with Crippen LogP contribution in [0.1, 0.15) is 24.4 Å². The number of carboxylic acid groups (broad SMARTS) is 1. The van der Waals surface area contributed by atoms with Crippen molar-refractivity contribution in [2.45, 2.75) is 24.2 Å². The van der Waals surface area contributed by atoms with Crippen molar-refractivity contribution in [3.8, 4) is 0 Å². The van der Waals surface area contributed by atoms with E-state index >= 15 is 0 Å². The maximum Gasteiger partial charge on any atom is 0.371 e. The quantitative estimate of drug-likeness (QED) is 0.812. The summed E-state index contributed by atoms with van der Waals surface area (Å²) >= 11 is 1.45. The van der Waals surface area contributed by atoms with E-state index < -0.39 is 5.97 Å². The summed E-state index contributed by atoms with van der Waals surface area (Å²) in [5.74, 6) is -1.35. The van der Waals surface area contributed by atoms with Crippen LogP contribution in [0.15, 0.2) is 15.6 Å². The van der Waals surface area contributed by atoms with Gasteiger partial charge < -0.3 is 14.4 Å². The van der Waals surface area contributed by atoms with E-state index in [1.165, 1.54) is 24.8 Å². The molecule has 1 aliphatic rings. The zero-order valence-electron chi connectivity index (χ0n) is 8.89. The molecule has 0 saturated carbocycles. The fourth-order valence-electron chi connectivity index (χ4n) is 1.62. The second kappa shape index (κ2) is 3.86. The monoisotopic (exact) mass is 241 g/mol. The zero-order chi connectivity index (χ0) is 11.9. The number of aromatic carboxylic acids is 1. The lowest BCUT2D eigenvalue weighted by atomic mass is 10.3. The molecule has 1 atom stereocenters. The maximum absolute atomic E-state index is 11.4. The van der Waals surface area contributed by atoms with Gasteiger partial charge in [0.15, 0.2) is 5.09 Å². The van der Waals surface area contributed by atoms with Crippen LogP contribution in [-0.4, -0.2) is 28.8 Å². The molecule has 16 heavy (non-hydrogen) atoms. The number of rotatable bonds is 1. The molecule has 0 radical (unpaired) electrons. The Morgan fingerprint density at radius 3 is 2.88 bits per heavy atom. The van der Waals surface area contributed by atoms with E-state index in [1.807, 2.05) is 6.92 Å². The van der Waals surface area contributed by atoms with E-state index in [9.17, 15) is 9.59 Å². The molecule has 1 aliphatic heterocycles. The molecule has 1 aromatic heterocycles. The smallest absolute Gasteiger partial charge is 0.371 e. The molecular weight excluding hydrogens is 230 g/mol. The van der Waals surface area contributed by atoms with Gasteiger partial charge in [-0.1, -0.05) is 18.7 Å². The van der Waals surface area contributed by atoms with Crippen molar-refractivity contribution < 1.29 is 19.1 Å². The summed E-state index contributed by atoms with van der Waals surface area (Å²) in [6, 6.07) is 1.40. The van der Waals surface area contributed by atoms with Gasteiger partial charge in [-0.25, -0.2) is 4.79 Å². The van der Waals surface area contributed by atoms with E-state index in [0.717, 1.165) is 0 Å². The normalized spacial score (nSPS) is 19.4. The first-order valence-corrected chi connectivity index (χ1v) is 5.69. The highest BCUT2D eigenvalue weighted by Gasteiger charge is 2.30. The number of hydrogen-bond acceptors (Lipinski definition) is 4. The standard InChI is InChI=1S/C10H11NO4S/c1-5-4-11(6(2)12)7-3-8(9(13)14)15-10(7)16-5/h3,5H,4H2,1-2H3,(H,13,14). The number of carbonyl (C=O) groups is 2. The fourth-order valence-corrected chi connectivity index (χ4v) is 2.63. The van der Waals surface area contributed by atoms with Crippen molar-refractivity contribution in [1.82, 2.24) is 0 Å². The minimum absolute atomic E-state index is 0.105. The highest BCUT2D eigenvalue weighted by Crippen LogP contribution is 2.40. The molecule has 1 amide bonds. The summed E-state index contributed by atoms with van der Waals surface area (Å²) in [4.78, 5) is 23.7. The van der Waals surface area contributed by atoms with Crippen LogP contribution < -0.4 is 4.90 Å². The highest BCUT2D eigenvalue weighted by molar-refractivity contribution is 8.00. The largest absolute Gasteiger partial charge is 0.475 e. The van der Waals surface area contributed by atoms with Gasteiger partial charge in [0.25, 0.3) is 0 Å². The van der Waals surface area contributed by atoms with Crippen molar-refractivity contribution in [2.24, 2.45) is 0 Å². The van der Waals surface area contributed by atoms with Gasteiger partial charge in [0, 0.05) is 24.8 Å². The Labute approximate surface area is 96.4 Å². The molecule has 6 heteroatoms. The van der Waals surface area contributed by atoms with E-state index in [1.54, 1.807) is 4.90 Å². The predicted octanol–water partition coefficient (Wildman–Crippen LogP) is 1.82. The van der Waals surface area contributed by atoms with Crippen LogP contribution >= 0.6 is 11.8 Å². The van der Waals surface area contributed by atoms with E-state index in [4.69, 9.17) is 9.52 Å². The lowest BCUT2D eigenvalue weighted by Gasteiger charge is -2.28. The van der Waals surface area contributed by atoms with Crippen LogP contribution in [0.2, 0.25) is 0 Å². The molecule has 0 aliphatic carbocycles. The molecule has 0 bridgehead atoms. The molecule has 1 aromatic rings. The molecule has 0 aromatic carbocycles. The molecule has 1 unspecified atom stereocenters. The minimum atomic E-state index is -1.12. The molecule has 1 N–H and O–H groups in total. The van der Waals surface area contributed by atoms with Gasteiger partial charge in [0.1, 0.15) is 0 Å². The lowest BCUT2D eigenvalue weighted by molar-refractivity contribution is -0.116. The Morgan fingerprint density at radius 2 is 2.31 bits per heavy atom. The van der Waals surface area contributed by atoms with Gasteiger partial charge in [0.05, 0.1) is 5.69 Å². The number of hydrogen-bond donors (Lipinski definition) is 1. The van der Waals surface area contributed by atoms with Gasteiger partial charge >= 0.3 is 5.97 Å². The molecule has 2 heterocycles. The molecule has 86 valence electrons. The molecule has 0 fully saturated rings. The van der Waals surface area contributed by atoms with Crippen LogP contribution in [0.25, 0.3) is 0 Å². The summed E-state index contributed by atoms with van der Waals surface area (Å²) < 4.78 is 5.19. The first-order chi connectivity index (χ1) is 7.49. The van der Waals surface area contributed by atoms with E-state index in [-0.39, 0.29) is 16.9 Å². The minimum Gasteiger partial charge on any atom is -0.475 e. The number of fused-ring (bicyclic) bond motifs is 1. The first-order valence-electron chi connectivity index (χ1n) is 4.81. The molecule has 0 spiro atoms. The topological polar surface area (TPSA) is 70.8 Å². The first kappa shape index (κ1) is 11.1. The van der Waals surface area contributed by atoms with Gasteiger partial charge in [0.2, 0.25) is 11.7 Å². The Balaban J connectivity index is 2.45. The number of carbonyl (C=O) groups excluding carboxylic acids is 1. The number of thioether (sulfide) groups is 1. The third-order valence-electron chi connectivity index (χ3n) is 2.31. The van der Waals surface area contributed by atoms with E-state index in [2.05, 4.69) is 0 Å². The zero-order valence-corrected chi connectivity index (χ0v) is 9.71. The molecular formula is C10H11NO4S. The number of nitrogens with zero attached hydrogens (tertiary/aromatic N) is 1. The lowest BCUT2D eigenvalue weighted by Crippen LogP contribution is -2.36. The Kier molecular flexibility index (Phi) is 2.67. The summed E-state index contributed by atoms with van der Waals surface area (Å²) in [6.07, 6.45) is 0. The van der Waals surface area contributed by atoms with Crippen LogP contribution in [0.5, 0.6) is 0 Å². The van der Waals surface area contributed by atoms with E-state index in [0.29, 0.717) is 17.3 Å². The number of anilines is 1. The summed E-state index contributed by atoms with van der Waals surface area (Å²) in [5, 5.41) is 9.52. The Hall–Kier alpha value is -1.43. The second-order valence-electron chi connectivity index (χ2n) is 3.65. The SMILES string of the molecule is CC(=O)N1CC(C)Sc2oc(C(=O)O)cc21. The maximum atomic E-state index is 11.4. The van der Waals surface area contributed by atoms with Gasteiger partial charge in [-0.05, 0) is 0 Å². The summed E-state index contributed by atoms with van der Waals surface area (Å²) in [6.45, 7) is 4.00. The van der Waals surface area contributed by atoms with Crippen LogP contribution in [-0.2, 0) is 4.79 Å². The summed E-state index contributed by atoms with van der Waals surface area (Å²) in [5.41, 5.74) is 0.563. The van der Waals surface area contributed by atoms with Gasteiger partial charge in [-0.3, -0.25) is 4.79 Å². The van der Waals surface area contributed by atoms with Crippen LogP contribution in [0, 0.1) is 0 Å². The molecule has 5 nitrogen and oxygen atoms in total. The predicted molar refractivity (Wildman–Crippen MR) is 59.0 cm³/mol. The average Bonchev–Trinajstić information content (AvgIpc) is 2.59. The second-order valence-corrected chi connectivity index (χ2v) is 5.06. The van der Waals surface area contributed by atoms with Crippen LogP contribution in [0.3, 0.4) is 0 Å². The van der Waals surface area contributed by atoms with Crippen molar-refractivity contribution in [3.05, 3.63) is 11.8 Å². The van der Waals surface area contributed by atoms with Crippen molar-refractivity contribution in [2.75, 3.05) is 11.4 Å². The fraction of sp³-hybridized carbons (Fsp3) is 0.400. The van der Waals surface area contributed by atoms with Gasteiger partial charge in [-0.2, -0.15) is 0 Å². The summed E-state index contributed by atoms with van der Waals surface area (Å²) in [7, 11) is 0. The average molecular weight is 241 g/mol. The molecule has 2 rings (SSSR count). The Bertz CT molecular complexity index is 454. The molecule has 0 saturated heterocycles. The van der Waals surface area contributed by atoms with Crippen molar-refractivity contribution in [3.63, 3.8) is 0 Å². The van der Waals surface area contributed by atoms with Gasteiger partial charge in [-0.15, -0.1) is 0 Å². The third-order valence-corrected chi connectivity index (χ3v) is 3.37.